The summed E-state index contributed by atoms with van der Waals surface area (Å²) in [4.78, 5) is 16.0. The lowest BCUT2D eigenvalue weighted by atomic mass is 10.2. The summed E-state index contributed by atoms with van der Waals surface area (Å²) in [5.74, 6) is 0.147. The molecule has 140 valence electrons. The van der Waals surface area contributed by atoms with Crippen LogP contribution in [-0.2, 0) is 11.2 Å². The summed E-state index contributed by atoms with van der Waals surface area (Å²) in [5.41, 5.74) is 0.630. The molecule has 0 fully saturated rings. The van der Waals surface area contributed by atoms with Gasteiger partial charge in [0.15, 0.2) is 0 Å². The van der Waals surface area contributed by atoms with Crippen LogP contribution in [0.5, 0.6) is 5.75 Å². The second-order valence-corrected chi connectivity index (χ2v) is 5.67. The quantitative estimate of drug-likeness (QED) is 0.614. The van der Waals surface area contributed by atoms with Crippen LogP contribution in [0.4, 0.5) is 8.78 Å². The Morgan fingerprint density at radius 1 is 1.11 bits per heavy atom. The number of carbonyl (C=O) groups is 1. The maximum atomic E-state index is 13.0. The third kappa shape index (κ3) is 5.60. The minimum atomic E-state index is -0.379. The van der Waals surface area contributed by atoms with Gasteiger partial charge in [0.2, 0.25) is 17.6 Å². The lowest BCUT2D eigenvalue weighted by Gasteiger charge is -2.07. The summed E-state index contributed by atoms with van der Waals surface area (Å²) < 4.78 is 36.4. The first kappa shape index (κ1) is 18.5. The molecule has 0 aliphatic heterocycles. The Hall–Kier alpha value is -3.29. The fourth-order valence-electron chi connectivity index (χ4n) is 2.30. The van der Waals surface area contributed by atoms with Crippen molar-refractivity contribution in [2.75, 3.05) is 13.2 Å². The first-order valence-corrected chi connectivity index (χ1v) is 8.34. The lowest BCUT2D eigenvalue weighted by Crippen LogP contribution is -2.28. The van der Waals surface area contributed by atoms with E-state index in [1.165, 1.54) is 24.3 Å². The summed E-state index contributed by atoms with van der Waals surface area (Å²) in [7, 11) is 0. The van der Waals surface area contributed by atoms with Crippen molar-refractivity contribution in [3.8, 4) is 17.1 Å². The van der Waals surface area contributed by atoms with Crippen LogP contribution in [-0.4, -0.2) is 29.2 Å². The molecule has 3 aromatic rings. The second kappa shape index (κ2) is 8.88. The molecule has 0 radical (unpaired) electrons. The highest BCUT2D eigenvalue weighted by atomic mass is 19.1. The van der Waals surface area contributed by atoms with Gasteiger partial charge < -0.3 is 14.6 Å². The zero-order chi connectivity index (χ0) is 19.1. The average Bonchev–Trinajstić information content (AvgIpc) is 3.13. The Kier molecular flexibility index (Phi) is 6.09. The fraction of sp³-hybridized carbons (Fsp3) is 0.211. The number of halogens is 2. The molecule has 27 heavy (non-hydrogen) atoms. The molecule has 0 spiro atoms. The number of aryl methyl sites for hydroxylation is 1. The van der Waals surface area contributed by atoms with E-state index in [1.807, 2.05) is 0 Å². The number of aromatic nitrogens is 2. The Morgan fingerprint density at radius 2 is 1.93 bits per heavy atom. The van der Waals surface area contributed by atoms with Gasteiger partial charge in [-0.25, -0.2) is 8.78 Å². The average molecular weight is 373 g/mol. The molecule has 0 saturated heterocycles. The Bertz CT molecular complexity index is 897. The number of amides is 1. The predicted molar refractivity (Wildman–Crippen MR) is 92.9 cm³/mol. The molecule has 1 aromatic heterocycles. The first-order valence-electron chi connectivity index (χ1n) is 8.34. The van der Waals surface area contributed by atoms with Crippen molar-refractivity contribution < 1.29 is 22.8 Å². The Morgan fingerprint density at radius 3 is 2.70 bits per heavy atom. The van der Waals surface area contributed by atoms with E-state index in [1.54, 1.807) is 24.3 Å². The number of rotatable bonds is 8. The predicted octanol–water partition coefficient (Wildman–Crippen LogP) is 3.14. The van der Waals surface area contributed by atoms with Crippen molar-refractivity contribution in [1.82, 2.24) is 15.5 Å². The van der Waals surface area contributed by atoms with E-state index in [2.05, 4.69) is 15.5 Å². The normalized spacial score (nSPS) is 10.6. The van der Waals surface area contributed by atoms with E-state index in [4.69, 9.17) is 9.26 Å². The van der Waals surface area contributed by atoms with Crippen molar-refractivity contribution in [2.24, 2.45) is 0 Å². The zero-order valence-corrected chi connectivity index (χ0v) is 14.3. The van der Waals surface area contributed by atoms with Crippen LogP contribution in [0, 0.1) is 11.6 Å². The monoisotopic (exact) mass is 373 g/mol. The van der Waals surface area contributed by atoms with Crippen LogP contribution in [0.3, 0.4) is 0 Å². The molecule has 3 rings (SSSR count). The van der Waals surface area contributed by atoms with E-state index in [0.717, 1.165) is 0 Å². The molecule has 1 amide bonds. The second-order valence-electron chi connectivity index (χ2n) is 5.67. The number of hydrogen-bond acceptors (Lipinski definition) is 5. The van der Waals surface area contributed by atoms with Gasteiger partial charge in [-0.1, -0.05) is 11.2 Å². The summed E-state index contributed by atoms with van der Waals surface area (Å²) in [6.07, 6.45) is 0.454. The van der Waals surface area contributed by atoms with Gasteiger partial charge in [0, 0.05) is 24.5 Å². The third-order valence-electron chi connectivity index (χ3n) is 3.63. The lowest BCUT2D eigenvalue weighted by molar-refractivity contribution is -0.121. The van der Waals surface area contributed by atoms with Crippen LogP contribution >= 0.6 is 0 Å². The van der Waals surface area contributed by atoms with Gasteiger partial charge in [-0.2, -0.15) is 4.98 Å². The molecular formula is C19H17F2N3O3. The van der Waals surface area contributed by atoms with E-state index >= 15 is 0 Å². The van der Waals surface area contributed by atoms with Gasteiger partial charge in [0.25, 0.3) is 0 Å². The molecule has 0 aliphatic rings. The van der Waals surface area contributed by atoms with Gasteiger partial charge in [-0.3, -0.25) is 4.79 Å². The SMILES string of the molecule is O=C(CCc1nc(-c2ccc(F)cc2)no1)NCCOc1cccc(F)c1. The molecule has 0 saturated carbocycles. The summed E-state index contributed by atoms with van der Waals surface area (Å²) in [5, 5.41) is 6.51. The molecule has 8 heteroatoms. The minimum Gasteiger partial charge on any atom is -0.492 e. The number of carbonyl (C=O) groups excluding carboxylic acids is 1. The summed E-state index contributed by atoms with van der Waals surface area (Å²) in [6, 6.07) is 11.5. The topological polar surface area (TPSA) is 77.2 Å². The molecule has 0 unspecified atom stereocenters. The largest absolute Gasteiger partial charge is 0.492 e. The maximum Gasteiger partial charge on any atom is 0.227 e. The van der Waals surface area contributed by atoms with Crippen LogP contribution in [0.1, 0.15) is 12.3 Å². The minimum absolute atomic E-state index is 0.172. The Labute approximate surface area is 154 Å². The van der Waals surface area contributed by atoms with Crippen molar-refractivity contribution >= 4 is 5.91 Å². The van der Waals surface area contributed by atoms with Crippen LogP contribution in [0.2, 0.25) is 0 Å². The third-order valence-corrected chi connectivity index (χ3v) is 3.63. The van der Waals surface area contributed by atoms with E-state index < -0.39 is 0 Å². The van der Waals surface area contributed by atoms with Crippen LogP contribution < -0.4 is 10.1 Å². The fourth-order valence-corrected chi connectivity index (χ4v) is 2.30. The molecule has 0 bridgehead atoms. The van der Waals surface area contributed by atoms with Gasteiger partial charge in [-0.15, -0.1) is 0 Å². The smallest absolute Gasteiger partial charge is 0.227 e. The van der Waals surface area contributed by atoms with Crippen molar-refractivity contribution in [3.63, 3.8) is 0 Å². The number of ether oxygens (including phenoxy) is 1. The highest BCUT2D eigenvalue weighted by Crippen LogP contribution is 2.16. The van der Waals surface area contributed by atoms with Crippen LogP contribution in [0.15, 0.2) is 53.1 Å². The summed E-state index contributed by atoms with van der Waals surface area (Å²) >= 11 is 0. The van der Waals surface area contributed by atoms with E-state index in [0.29, 0.717) is 29.6 Å². The molecule has 1 heterocycles. The number of nitrogens with zero attached hydrogens (tertiary/aromatic N) is 2. The number of hydrogen-bond donors (Lipinski definition) is 1. The highest BCUT2D eigenvalue weighted by Gasteiger charge is 2.10. The van der Waals surface area contributed by atoms with Crippen molar-refractivity contribution in [1.29, 1.82) is 0 Å². The van der Waals surface area contributed by atoms with Gasteiger partial charge in [0.1, 0.15) is 24.0 Å². The molecule has 0 aliphatic carbocycles. The van der Waals surface area contributed by atoms with Gasteiger partial charge >= 0.3 is 0 Å². The van der Waals surface area contributed by atoms with Crippen LogP contribution in [0.25, 0.3) is 11.4 Å². The molecule has 6 nitrogen and oxygen atoms in total. The molecular weight excluding hydrogens is 356 g/mol. The standard InChI is InChI=1S/C19H17F2N3O3/c20-14-6-4-13(5-7-14)19-23-18(27-24-19)9-8-17(25)22-10-11-26-16-3-1-2-15(21)12-16/h1-7,12H,8-11H2,(H,22,25). The molecule has 2 aromatic carbocycles. The van der Waals surface area contributed by atoms with Gasteiger partial charge in [-0.05, 0) is 36.4 Å². The first-order chi connectivity index (χ1) is 13.1. The zero-order valence-electron chi connectivity index (χ0n) is 14.3. The van der Waals surface area contributed by atoms with Crippen molar-refractivity contribution in [3.05, 3.63) is 66.1 Å². The van der Waals surface area contributed by atoms with E-state index in [9.17, 15) is 13.6 Å². The highest BCUT2D eigenvalue weighted by molar-refractivity contribution is 5.76. The van der Waals surface area contributed by atoms with E-state index in [-0.39, 0.29) is 37.0 Å². The van der Waals surface area contributed by atoms with Crippen molar-refractivity contribution in [2.45, 2.75) is 12.8 Å². The number of benzene rings is 2. The Balaban J connectivity index is 1.38. The van der Waals surface area contributed by atoms with Gasteiger partial charge in [0.05, 0.1) is 6.54 Å². The summed E-state index contributed by atoms with van der Waals surface area (Å²) in [6.45, 7) is 0.518. The maximum absolute atomic E-state index is 13.0. The molecule has 0 atom stereocenters. The number of nitrogens with one attached hydrogen (secondary N) is 1. The molecule has 1 N–H and O–H groups in total.